The number of nitrogens with zero attached hydrogens (tertiary/aromatic N) is 1. The van der Waals surface area contributed by atoms with Crippen LogP contribution >= 0.6 is 0 Å². The Labute approximate surface area is 113 Å². The van der Waals surface area contributed by atoms with Crippen molar-refractivity contribution in [2.24, 2.45) is 0 Å². The van der Waals surface area contributed by atoms with Crippen molar-refractivity contribution >= 4 is 17.5 Å². The van der Waals surface area contributed by atoms with Crippen molar-refractivity contribution in [3.05, 3.63) is 29.8 Å². The summed E-state index contributed by atoms with van der Waals surface area (Å²) in [6.07, 6.45) is 0.813. The summed E-state index contributed by atoms with van der Waals surface area (Å²) >= 11 is 0. The minimum absolute atomic E-state index is 0.0119. The first kappa shape index (κ1) is 13.4. The Morgan fingerprint density at radius 3 is 2.74 bits per heavy atom. The van der Waals surface area contributed by atoms with Gasteiger partial charge in [0.05, 0.1) is 5.56 Å². The molecule has 2 amide bonds. The molecular weight excluding hydrogens is 242 g/mol. The molecule has 2 N–H and O–H groups in total. The molecule has 1 aliphatic heterocycles. The molecule has 1 unspecified atom stereocenters. The molecule has 1 saturated heterocycles. The second kappa shape index (κ2) is 5.73. The summed E-state index contributed by atoms with van der Waals surface area (Å²) in [5, 5.41) is 5.88. The standard InChI is InChI=1S/C14H19N3O2/c1-10(18)16-11-7-8-17(9-11)14(19)12-5-3-4-6-13(12)15-2/h3-6,11,15H,7-9H2,1-2H3,(H,16,18). The van der Waals surface area contributed by atoms with Crippen molar-refractivity contribution in [1.82, 2.24) is 10.2 Å². The average Bonchev–Trinajstić information content (AvgIpc) is 2.85. The number of hydrogen-bond donors (Lipinski definition) is 2. The Bertz CT molecular complexity index is 487. The number of rotatable bonds is 3. The van der Waals surface area contributed by atoms with Crippen molar-refractivity contribution in [3.63, 3.8) is 0 Å². The number of hydrogen-bond acceptors (Lipinski definition) is 3. The predicted molar refractivity (Wildman–Crippen MR) is 74.1 cm³/mol. The van der Waals surface area contributed by atoms with Crippen LogP contribution in [-0.4, -0.2) is 42.9 Å². The van der Waals surface area contributed by atoms with Gasteiger partial charge in [0.2, 0.25) is 5.91 Å². The third-order valence-electron chi connectivity index (χ3n) is 3.31. The summed E-state index contributed by atoms with van der Waals surface area (Å²) in [6.45, 7) is 2.76. The van der Waals surface area contributed by atoms with Gasteiger partial charge in [-0.1, -0.05) is 12.1 Å². The van der Waals surface area contributed by atoms with E-state index < -0.39 is 0 Å². The highest BCUT2D eigenvalue weighted by Gasteiger charge is 2.28. The summed E-state index contributed by atoms with van der Waals surface area (Å²) < 4.78 is 0. The quantitative estimate of drug-likeness (QED) is 0.856. The van der Waals surface area contributed by atoms with Gasteiger partial charge in [0.15, 0.2) is 0 Å². The largest absolute Gasteiger partial charge is 0.387 e. The second-order valence-electron chi connectivity index (χ2n) is 4.73. The highest BCUT2D eigenvalue weighted by molar-refractivity contribution is 5.99. The van der Waals surface area contributed by atoms with Crippen LogP contribution in [0.4, 0.5) is 5.69 Å². The molecule has 102 valence electrons. The molecule has 1 atom stereocenters. The van der Waals surface area contributed by atoms with Crippen LogP contribution in [0.5, 0.6) is 0 Å². The number of nitrogens with one attached hydrogen (secondary N) is 2. The minimum Gasteiger partial charge on any atom is -0.387 e. The van der Waals surface area contributed by atoms with Gasteiger partial charge < -0.3 is 15.5 Å². The summed E-state index contributed by atoms with van der Waals surface area (Å²) in [7, 11) is 1.80. The normalized spacial score (nSPS) is 18.2. The lowest BCUT2D eigenvalue weighted by atomic mass is 10.1. The van der Waals surface area contributed by atoms with E-state index in [1.54, 1.807) is 11.9 Å². The lowest BCUT2D eigenvalue weighted by molar-refractivity contribution is -0.119. The first-order valence-electron chi connectivity index (χ1n) is 6.45. The Morgan fingerprint density at radius 1 is 1.32 bits per heavy atom. The fraction of sp³-hybridized carbons (Fsp3) is 0.429. The predicted octanol–water partition coefficient (Wildman–Crippen LogP) is 1.08. The molecule has 1 aromatic carbocycles. The smallest absolute Gasteiger partial charge is 0.256 e. The van der Waals surface area contributed by atoms with Gasteiger partial charge in [0.1, 0.15) is 0 Å². The molecule has 1 fully saturated rings. The van der Waals surface area contributed by atoms with Gasteiger partial charge >= 0.3 is 0 Å². The van der Waals surface area contributed by atoms with E-state index in [2.05, 4.69) is 10.6 Å². The third-order valence-corrected chi connectivity index (χ3v) is 3.31. The number of benzene rings is 1. The van der Waals surface area contributed by atoms with Crippen molar-refractivity contribution < 1.29 is 9.59 Å². The van der Waals surface area contributed by atoms with Crippen LogP contribution in [0.2, 0.25) is 0 Å². The topological polar surface area (TPSA) is 61.4 Å². The van der Waals surface area contributed by atoms with Crippen molar-refractivity contribution in [3.8, 4) is 0 Å². The second-order valence-corrected chi connectivity index (χ2v) is 4.73. The van der Waals surface area contributed by atoms with E-state index in [1.165, 1.54) is 6.92 Å². The SMILES string of the molecule is CNc1ccccc1C(=O)N1CCC(NC(C)=O)C1. The van der Waals surface area contributed by atoms with Crippen LogP contribution in [0.1, 0.15) is 23.7 Å². The van der Waals surface area contributed by atoms with Crippen molar-refractivity contribution in [2.75, 3.05) is 25.5 Å². The monoisotopic (exact) mass is 261 g/mol. The Kier molecular flexibility index (Phi) is 4.04. The van der Waals surface area contributed by atoms with E-state index in [1.807, 2.05) is 24.3 Å². The summed E-state index contributed by atoms with van der Waals surface area (Å²) in [5.41, 5.74) is 1.50. The maximum Gasteiger partial charge on any atom is 0.256 e. The molecule has 2 rings (SSSR count). The molecule has 0 aliphatic carbocycles. The van der Waals surface area contributed by atoms with E-state index in [9.17, 15) is 9.59 Å². The molecule has 5 heteroatoms. The Hall–Kier alpha value is -2.04. The zero-order valence-electron chi connectivity index (χ0n) is 11.3. The van der Waals surface area contributed by atoms with Crippen LogP contribution in [0.15, 0.2) is 24.3 Å². The first-order chi connectivity index (χ1) is 9.11. The Balaban J connectivity index is 2.07. The average molecular weight is 261 g/mol. The maximum absolute atomic E-state index is 12.4. The van der Waals surface area contributed by atoms with Gasteiger partial charge in [-0.3, -0.25) is 9.59 Å². The molecular formula is C14H19N3O2. The molecule has 0 aromatic heterocycles. The number of carbonyl (C=O) groups is 2. The number of likely N-dealkylation sites (tertiary alicyclic amines) is 1. The molecule has 1 aliphatic rings. The molecule has 0 spiro atoms. The lowest BCUT2D eigenvalue weighted by Gasteiger charge is -2.18. The first-order valence-corrected chi connectivity index (χ1v) is 6.45. The van der Waals surface area contributed by atoms with E-state index >= 15 is 0 Å². The van der Waals surface area contributed by atoms with Crippen molar-refractivity contribution in [1.29, 1.82) is 0 Å². The van der Waals surface area contributed by atoms with Crippen LogP contribution in [0.25, 0.3) is 0 Å². The fourth-order valence-electron chi connectivity index (χ4n) is 2.41. The zero-order chi connectivity index (χ0) is 13.8. The van der Waals surface area contributed by atoms with Gasteiger partial charge in [0.25, 0.3) is 5.91 Å². The van der Waals surface area contributed by atoms with Gasteiger partial charge in [-0.05, 0) is 18.6 Å². The molecule has 0 bridgehead atoms. The van der Waals surface area contributed by atoms with Crippen LogP contribution in [0, 0.1) is 0 Å². The van der Waals surface area contributed by atoms with Crippen LogP contribution < -0.4 is 10.6 Å². The van der Waals surface area contributed by atoms with E-state index in [-0.39, 0.29) is 17.9 Å². The molecule has 19 heavy (non-hydrogen) atoms. The lowest BCUT2D eigenvalue weighted by Crippen LogP contribution is -2.37. The number of carbonyl (C=O) groups excluding carboxylic acids is 2. The van der Waals surface area contributed by atoms with Gasteiger partial charge in [-0.15, -0.1) is 0 Å². The van der Waals surface area contributed by atoms with Crippen LogP contribution in [0.3, 0.4) is 0 Å². The summed E-state index contributed by atoms with van der Waals surface area (Å²) in [6, 6.07) is 7.53. The molecule has 0 radical (unpaired) electrons. The van der Waals surface area contributed by atoms with Gasteiger partial charge in [-0.25, -0.2) is 0 Å². The molecule has 5 nitrogen and oxygen atoms in total. The third kappa shape index (κ3) is 3.05. The van der Waals surface area contributed by atoms with Crippen molar-refractivity contribution in [2.45, 2.75) is 19.4 Å². The number of para-hydroxylation sites is 1. The Morgan fingerprint density at radius 2 is 2.05 bits per heavy atom. The molecule has 1 aromatic rings. The number of amides is 2. The maximum atomic E-state index is 12.4. The van der Waals surface area contributed by atoms with Crippen LogP contribution in [-0.2, 0) is 4.79 Å². The van der Waals surface area contributed by atoms with E-state index in [4.69, 9.17) is 0 Å². The van der Waals surface area contributed by atoms with Gasteiger partial charge in [0, 0.05) is 38.8 Å². The van der Waals surface area contributed by atoms with E-state index in [0.717, 1.165) is 12.1 Å². The summed E-state index contributed by atoms with van der Waals surface area (Å²) in [4.78, 5) is 25.2. The highest BCUT2D eigenvalue weighted by Crippen LogP contribution is 2.19. The minimum atomic E-state index is -0.0464. The van der Waals surface area contributed by atoms with Gasteiger partial charge in [-0.2, -0.15) is 0 Å². The molecule has 1 heterocycles. The molecule has 0 saturated carbocycles. The van der Waals surface area contributed by atoms with E-state index in [0.29, 0.717) is 18.7 Å². The zero-order valence-corrected chi connectivity index (χ0v) is 11.3. The summed E-state index contributed by atoms with van der Waals surface area (Å²) in [5.74, 6) is -0.0345. The number of anilines is 1. The fourth-order valence-corrected chi connectivity index (χ4v) is 2.41. The highest BCUT2D eigenvalue weighted by atomic mass is 16.2.